The zero-order chi connectivity index (χ0) is 19.6. The Bertz CT molecular complexity index is 681. The standard InChI is InChI=1S/C21H33N5O2/c1-16(27)22-12-19-6-5-18(26(19)13-17-3-4-17)11-20(28)23-14-21(7-8-21)15-25-10-2-9-24-25/h2,9-10,17-19H,3-8,11-15H2,1H3,(H,22,27)(H,23,28)/t18-,19+/m0/s1. The van der Waals surface area contributed by atoms with Crippen molar-refractivity contribution in [2.24, 2.45) is 11.3 Å². The Morgan fingerprint density at radius 1 is 1.14 bits per heavy atom. The second-order valence-electron chi connectivity index (χ2n) is 9.15. The van der Waals surface area contributed by atoms with Gasteiger partial charge in [-0.05, 0) is 50.5 Å². The number of rotatable bonds is 10. The Balaban J connectivity index is 1.26. The fraction of sp³-hybridized carbons (Fsp3) is 0.762. The summed E-state index contributed by atoms with van der Waals surface area (Å²) < 4.78 is 1.97. The molecule has 1 aromatic rings. The molecule has 0 spiro atoms. The molecular formula is C21H33N5O2. The van der Waals surface area contributed by atoms with E-state index in [9.17, 15) is 9.59 Å². The third-order valence-electron chi connectivity index (χ3n) is 6.62. The third-order valence-corrected chi connectivity index (χ3v) is 6.62. The molecule has 2 aliphatic carbocycles. The maximum atomic E-state index is 12.7. The molecule has 0 aromatic carbocycles. The van der Waals surface area contributed by atoms with Gasteiger partial charge in [-0.25, -0.2) is 0 Å². The largest absolute Gasteiger partial charge is 0.355 e. The van der Waals surface area contributed by atoms with Crippen LogP contribution in [0.15, 0.2) is 18.5 Å². The lowest BCUT2D eigenvalue weighted by Gasteiger charge is -2.30. The molecule has 0 bridgehead atoms. The van der Waals surface area contributed by atoms with Gasteiger partial charge in [0.15, 0.2) is 0 Å². The van der Waals surface area contributed by atoms with E-state index in [0.717, 1.165) is 51.2 Å². The number of nitrogens with zero attached hydrogens (tertiary/aromatic N) is 3. The van der Waals surface area contributed by atoms with Gasteiger partial charge in [-0.2, -0.15) is 5.10 Å². The van der Waals surface area contributed by atoms with E-state index >= 15 is 0 Å². The summed E-state index contributed by atoms with van der Waals surface area (Å²) in [7, 11) is 0. The molecule has 2 N–H and O–H groups in total. The van der Waals surface area contributed by atoms with Gasteiger partial charge in [0.05, 0.1) is 0 Å². The van der Waals surface area contributed by atoms with E-state index in [4.69, 9.17) is 0 Å². The molecule has 28 heavy (non-hydrogen) atoms. The smallest absolute Gasteiger partial charge is 0.221 e. The summed E-state index contributed by atoms with van der Waals surface area (Å²) in [5.41, 5.74) is 0.193. The van der Waals surface area contributed by atoms with Gasteiger partial charge in [0.2, 0.25) is 11.8 Å². The number of amides is 2. The zero-order valence-corrected chi connectivity index (χ0v) is 16.9. The molecule has 3 fully saturated rings. The highest BCUT2D eigenvalue weighted by atomic mass is 16.2. The molecule has 7 nitrogen and oxygen atoms in total. The van der Waals surface area contributed by atoms with Crippen molar-refractivity contribution in [1.29, 1.82) is 0 Å². The molecule has 4 rings (SSSR count). The summed E-state index contributed by atoms with van der Waals surface area (Å²) >= 11 is 0. The number of carbonyl (C=O) groups is 2. The summed E-state index contributed by atoms with van der Waals surface area (Å²) in [4.78, 5) is 26.5. The molecule has 2 amide bonds. The van der Waals surface area contributed by atoms with Crippen molar-refractivity contribution in [2.45, 2.75) is 70.5 Å². The van der Waals surface area contributed by atoms with Crippen LogP contribution in [0.5, 0.6) is 0 Å². The SMILES string of the molecule is CC(=O)NC[C@H]1CC[C@@H](CC(=O)NCC2(Cn3cccn3)CC2)N1CC1CC1. The van der Waals surface area contributed by atoms with Crippen LogP contribution in [0.1, 0.15) is 51.9 Å². The van der Waals surface area contributed by atoms with Crippen LogP contribution in [0, 0.1) is 11.3 Å². The highest BCUT2D eigenvalue weighted by Crippen LogP contribution is 2.46. The average Bonchev–Trinajstić information content (AvgIpc) is 3.54. The van der Waals surface area contributed by atoms with Crippen molar-refractivity contribution in [1.82, 2.24) is 25.3 Å². The molecule has 0 unspecified atom stereocenters. The first-order valence-electron chi connectivity index (χ1n) is 10.8. The Labute approximate surface area is 167 Å². The molecular weight excluding hydrogens is 354 g/mol. The quantitative estimate of drug-likeness (QED) is 0.638. The lowest BCUT2D eigenvalue weighted by atomic mass is 10.1. The topological polar surface area (TPSA) is 79.3 Å². The zero-order valence-electron chi connectivity index (χ0n) is 16.9. The van der Waals surface area contributed by atoms with E-state index in [0.29, 0.717) is 25.0 Å². The van der Waals surface area contributed by atoms with Crippen molar-refractivity contribution in [3.05, 3.63) is 18.5 Å². The van der Waals surface area contributed by atoms with Gasteiger partial charge >= 0.3 is 0 Å². The molecule has 2 saturated carbocycles. The molecule has 2 atom stereocenters. The van der Waals surface area contributed by atoms with Crippen LogP contribution < -0.4 is 10.6 Å². The predicted octanol–water partition coefficient (Wildman–Crippen LogP) is 1.55. The third kappa shape index (κ3) is 5.13. The van der Waals surface area contributed by atoms with E-state index < -0.39 is 0 Å². The summed E-state index contributed by atoms with van der Waals surface area (Å²) in [6.07, 6.45) is 11.4. The first kappa shape index (κ1) is 19.4. The number of aromatic nitrogens is 2. The lowest BCUT2D eigenvalue weighted by Crippen LogP contribution is -2.45. The van der Waals surface area contributed by atoms with Crippen LogP contribution >= 0.6 is 0 Å². The van der Waals surface area contributed by atoms with Crippen LogP contribution in [-0.4, -0.2) is 58.2 Å². The molecule has 7 heteroatoms. The monoisotopic (exact) mass is 387 g/mol. The molecule has 1 aliphatic heterocycles. The minimum atomic E-state index is 0.0273. The molecule has 1 saturated heterocycles. The predicted molar refractivity (Wildman–Crippen MR) is 106 cm³/mol. The fourth-order valence-corrected chi connectivity index (χ4v) is 4.49. The van der Waals surface area contributed by atoms with E-state index in [2.05, 4.69) is 20.6 Å². The van der Waals surface area contributed by atoms with Crippen molar-refractivity contribution in [3.63, 3.8) is 0 Å². The Morgan fingerprint density at radius 3 is 2.57 bits per heavy atom. The number of carbonyl (C=O) groups excluding carboxylic acids is 2. The van der Waals surface area contributed by atoms with Crippen molar-refractivity contribution < 1.29 is 9.59 Å². The Morgan fingerprint density at radius 2 is 1.93 bits per heavy atom. The van der Waals surface area contributed by atoms with Gasteiger partial charge in [-0.1, -0.05) is 0 Å². The van der Waals surface area contributed by atoms with Crippen LogP contribution in [-0.2, 0) is 16.1 Å². The average molecular weight is 388 g/mol. The first-order valence-corrected chi connectivity index (χ1v) is 10.8. The maximum Gasteiger partial charge on any atom is 0.221 e. The number of likely N-dealkylation sites (tertiary alicyclic amines) is 1. The van der Waals surface area contributed by atoms with E-state index in [1.165, 1.54) is 12.8 Å². The molecule has 1 aromatic heterocycles. The van der Waals surface area contributed by atoms with Crippen LogP contribution in [0.3, 0.4) is 0 Å². The number of hydrogen-bond donors (Lipinski definition) is 2. The molecule has 3 aliphatic rings. The molecule has 2 heterocycles. The minimum Gasteiger partial charge on any atom is -0.355 e. The summed E-state index contributed by atoms with van der Waals surface area (Å²) in [6, 6.07) is 2.62. The van der Waals surface area contributed by atoms with Gasteiger partial charge < -0.3 is 10.6 Å². The summed E-state index contributed by atoms with van der Waals surface area (Å²) in [5.74, 6) is 0.976. The van der Waals surface area contributed by atoms with Gasteiger partial charge in [0.25, 0.3) is 0 Å². The van der Waals surface area contributed by atoms with Gasteiger partial charge in [0.1, 0.15) is 0 Å². The van der Waals surface area contributed by atoms with E-state index in [-0.39, 0.29) is 17.2 Å². The second kappa shape index (κ2) is 8.23. The van der Waals surface area contributed by atoms with Gasteiger partial charge in [-0.15, -0.1) is 0 Å². The Kier molecular flexibility index (Phi) is 5.71. The van der Waals surface area contributed by atoms with Crippen LogP contribution in [0.25, 0.3) is 0 Å². The summed E-state index contributed by atoms with van der Waals surface area (Å²) in [6.45, 7) is 4.98. The van der Waals surface area contributed by atoms with Crippen LogP contribution in [0.2, 0.25) is 0 Å². The number of nitrogens with one attached hydrogen (secondary N) is 2. The van der Waals surface area contributed by atoms with E-state index in [1.807, 2.05) is 16.9 Å². The lowest BCUT2D eigenvalue weighted by molar-refractivity contribution is -0.123. The first-order chi connectivity index (χ1) is 13.5. The van der Waals surface area contributed by atoms with Crippen molar-refractivity contribution in [2.75, 3.05) is 19.6 Å². The molecule has 0 radical (unpaired) electrons. The van der Waals surface area contributed by atoms with Crippen LogP contribution in [0.4, 0.5) is 0 Å². The van der Waals surface area contributed by atoms with Crippen molar-refractivity contribution >= 4 is 11.8 Å². The Hall–Kier alpha value is -1.89. The maximum absolute atomic E-state index is 12.7. The highest BCUT2D eigenvalue weighted by molar-refractivity contribution is 5.76. The second-order valence-corrected chi connectivity index (χ2v) is 9.15. The van der Waals surface area contributed by atoms with Crippen molar-refractivity contribution in [3.8, 4) is 0 Å². The van der Waals surface area contributed by atoms with Gasteiger partial charge in [0, 0.05) is 69.4 Å². The summed E-state index contributed by atoms with van der Waals surface area (Å²) in [5, 5.41) is 10.5. The fourth-order valence-electron chi connectivity index (χ4n) is 4.49. The van der Waals surface area contributed by atoms with E-state index in [1.54, 1.807) is 13.1 Å². The normalized spacial score (nSPS) is 26.2. The highest BCUT2D eigenvalue weighted by Gasteiger charge is 2.44. The molecule has 154 valence electrons. The number of hydrogen-bond acceptors (Lipinski definition) is 4. The minimum absolute atomic E-state index is 0.0273. The van der Waals surface area contributed by atoms with Gasteiger partial charge in [-0.3, -0.25) is 19.2 Å².